The van der Waals surface area contributed by atoms with Crippen LogP contribution in [0, 0.1) is 23.5 Å². The van der Waals surface area contributed by atoms with E-state index in [1.54, 1.807) is 6.92 Å². The molecular weight excluding hydrogens is 456 g/mol. The van der Waals surface area contributed by atoms with E-state index >= 15 is 0 Å². The molecule has 3 N–H and O–H groups in total. The molecule has 0 aliphatic heterocycles. The van der Waals surface area contributed by atoms with Crippen molar-refractivity contribution in [1.82, 2.24) is 10.3 Å². The standard InChI is InChI=1S/C23H26ClF2N3O4/c1-12(17-8-16(25)9-19(26)20(17)33-2)29-21-18(24)7-15(11-27-21)22(30)28-10-13-3-5-14(6-4-13)23(31)32/h7-9,11-14H,3-6,10H2,1-2H3,(H,27,29)(H,28,30)(H,31,32)/t12-,13-,14-/m1/s1. The monoisotopic (exact) mass is 481 g/mol. The van der Waals surface area contributed by atoms with E-state index in [-0.39, 0.29) is 45.5 Å². The van der Waals surface area contributed by atoms with Crippen LogP contribution in [0.5, 0.6) is 5.75 Å². The molecule has 178 valence electrons. The number of rotatable bonds is 8. The van der Waals surface area contributed by atoms with Gasteiger partial charge < -0.3 is 20.5 Å². The number of hydrogen-bond acceptors (Lipinski definition) is 5. The van der Waals surface area contributed by atoms with E-state index in [9.17, 15) is 18.4 Å². The number of ether oxygens (including phenoxy) is 1. The highest BCUT2D eigenvalue weighted by Crippen LogP contribution is 2.33. The fourth-order valence-electron chi connectivity index (χ4n) is 4.02. The zero-order valence-corrected chi connectivity index (χ0v) is 19.1. The van der Waals surface area contributed by atoms with Crippen molar-refractivity contribution in [1.29, 1.82) is 0 Å². The molecular formula is C23H26ClF2N3O4. The van der Waals surface area contributed by atoms with E-state index in [4.69, 9.17) is 21.4 Å². The Kier molecular flexibility index (Phi) is 8.07. The van der Waals surface area contributed by atoms with Crippen LogP contribution < -0.4 is 15.4 Å². The largest absolute Gasteiger partial charge is 0.493 e. The van der Waals surface area contributed by atoms with Gasteiger partial charge in [-0.3, -0.25) is 9.59 Å². The van der Waals surface area contributed by atoms with E-state index in [2.05, 4.69) is 15.6 Å². The molecule has 1 amide bonds. The third kappa shape index (κ3) is 6.10. The van der Waals surface area contributed by atoms with E-state index in [0.29, 0.717) is 19.4 Å². The topological polar surface area (TPSA) is 101 Å². The summed E-state index contributed by atoms with van der Waals surface area (Å²) in [5.74, 6) is -2.55. The van der Waals surface area contributed by atoms with Gasteiger partial charge in [0.25, 0.3) is 5.91 Å². The van der Waals surface area contributed by atoms with E-state index < -0.39 is 23.6 Å². The number of carboxylic acid groups (broad SMARTS) is 1. The number of carbonyl (C=O) groups is 2. The molecule has 1 aliphatic carbocycles. The predicted octanol–water partition coefficient (Wildman–Crippen LogP) is 4.82. The molecule has 0 spiro atoms. The molecule has 1 saturated carbocycles. The summed E-state index contributed by atoms with van der Waals surface area (Å²) < 4.78 is 32.7. The number of aromatic nitrogens is 1. The number of aliphatic carboxylic acids is 1. The summed E-state index contributed by atoms with van der Waals surface area (Å²) in [5.41, 5.74) is 0.527. The maximum atomic E-state index is 14.0. The molecule has 1 aromatic carbocycles. The number of amides is 1. The minimum Gasteiger partial charge on any atom is -0.493 e. The van der Waals surface area contributed by atoms with Crippen molar-refractivity contribution in [3.8, 4) is 5.75 Å². The molecule has 33 heavy (non-hydrogen) atoms. The summed E-state index contributed by atoms with van der Waals surface area (Å²) in [6, 6.07) is 2.78. The number of halogens is 3. The zero-order valence-electron chi connectivity index (χ0n) is 18.3. The highest BCUT2D eigenvalue weighted by atomic mass is 35.5. The number of carbonyl (C=O) groups excluding carboxylic acids is 1. The molecule has 1 aliphatic rings. The van der Waals surface area contributed by atoms with Crippen LogP contribution in [0.4, 0.5) is 14.6 Å². The maximum Gasteiger partial charge on any atom is 0.306 e. The minimum atomic E-state index is -0.816. The Morgan fingerprint density at radius 1 is 1.24 bits per heavy atom. The van der Waals surface area contributed by atoms with Crippen LogP contribution in [0.1, 0.15) is 54.6 Å². The lowest BCUT2D eigenvalue weighted by Crippen LogP contribution is -2.32. The normalized spacial score (nSPS) is 18.9. The molecule has 0 saturated heterocycles. The number of pyridine rings is 1. The molecule has 10 heteroatoms. The van der Waals surface area contributed by atoms with E-state index in [1.165, 1.54) is 25.4 Å². The highest BCUT2D eigenvalue weighted by molar-refractivity contribution is 6.33. The Balaban J connectivity index is 1.61. The second-order valence-corrected chi connectivity index (χ2v) is 8.60. The Labute approximate surface area is 195 Å². The van der Waals surface area contributed by atoms with Gasteiger partial charge in [0.15, 0.2) is 11.6 Å². The smallest absolute Gasteiger partial charge is 0.306 e. The van der Waals surface area contributed by atoms with Crippen LogP contribution in [0.25, 0.3) is 0 Å². The van der Waals surface area contributed by atoms with Crippen LogP contribution in [0.15, 0.2) is 24.4 Å². The summed E-state index contributed by atoms with van der Waals surface area (Å²) in [5, 5.41) is 15.1. The Bertz CT molecular complexity index is 1030. The lowest BCUT2D eigenvalue weighted by Gasteiger charge is -2.26. The molecule has 0 unspecified atom stereocenters. The van der Waals surface area contributed by atoms with E-state index in [0.717, 1.165) is 18.9 Å². The molecule has 0 radical (unpaired) electrons. The molecule has 0 bridgehead atoms. The molecule has 2 aromatic rings. The van der Waals surface area contributed by atoms with Gasteiger partial charge in [-0.05, 0) is 50.7 Å². The van der Waals surface area contributed by atoms with Gasteiger partial charge in [0.2, 0.25) is 0 Å². The van der Waals surface area contributed by atoms with Crippen LogP contribution in [-0.4, -0.2) is 35.6 Å². The fourth-order valence-corrected chi connectivity index (χ4v) is 4.24. The van der Waals surface area contributed by atoms with Gasteiger partial charge in [-0.1, -0.05) is 11.6 Å². The van der Waals surface area contributed by atoms with E-state index in [1.807, 2.05) is 0 Å². The van der Waals surface area contributed by atoms with Gasteiger partial charge in [-0.25, -0.2) is 13.8 Å². The Morgan fingerprint density at radius 3 is 2.55 bits per heavy atom. The van der Waals surface area contributed by atoms with Crippen molar-refractivity contribution in [2.75, 3.05) is 19.0 Å². The Morgan fingerprint density at radius 2 is 1.94 bits per heavy atom. The van der Waals surface area contributed by atoms with Crippen LogP contribution in [0.3, 0.4) is 0 Å². The third-order valence-corrected chi connectivity index (χ3v) is 6.20. The minimum absolute atomic E-state index is 0.0825. The quantitative estimate of drug-likeness (QED) is 0.500. The highest BCUT2D eigenvalue weighted by Gasteiger charge is 2.26. The molecule has 3 rings (SSSR count). The summed E-state index contributed by atoms with van der Waals surface area (Å²) in [7, 11) is 1.29. The number of nitrogens with zero attached hydrogens (tertiary/aromatic N) is 1. The van der Waals surface area contributed by atoms with Crippen molar-refractivity contribution in [3.63, 3.8) is 0 Å². The number of methoxy groups -OCH3 is 1. The fraction of sp³-hybridized carbons (Fsp3) is 0.435. The first-order valence-electron chi connectivity index (χ1n) is 10.7. The van der Waals surface area contributed by atoms with Gasteiger partial charge in [-0.2, -0.15) is 0 Å². The number of anilines is 1. The van der Waals surface area contributed by atoms with Crippen molar-refractivity contribution < 1.29 is 28.2 Å². The number of benzene rings is 1. The lowest BCUT2D eigenvalue weighted by atomic mass is 9.82. The van der Waals surface area contributed by atoms with Crippen molar-refractivity contribution in [2.24, 2.45) is 11.8 Å². The summed E-state index contributed by atoms with van der Waals surface area (Å²) >= 11 is 6.30. The maximum absolute atomic E-state index is 14.0. The van der Waals surface area contributed by atoms with Crippen molar-refractivity contribution in [3.05, 3.63) is 52.2 Å². The SMILES string of the molecule is COc1c(F)cc(F)cc1[C@@H](C)Nc1ncc(C(=O)NC[C@H]2CC[C@H](C(=O)O)CC2)cc1Cl. The van der Waals surface area contributed by atoms with Gasteiger partial charge >= 0.3 is 5.97 Å². The Hall–Kier alpha value is -2.94. The zero-order chi connectivity index (χ0) is 24.1. The molecule has 1 aromatic heterocycles. The van der Waals surface area contributed by atoms with Crippen LogP contribution in [-0.2, 0) is 4.79 Å². The predicted molar refractivity (Wildman–Crippen MR) is 120 cm³/mol. The summed E-state index contributed by atoms with van der Waals surface area (Å²) in [6.45, 7) is 2.12. The first-order valence-corrected chi connectivity index (χ1v) is 11.0. The van der Waals surface area contributed by atoms with Crippen LogP contribution >= 0.6 is 11.6 Å². The van der Waals surface area contributed by atoms with Crippen molar-refractivity contribution >= 4 is 29.3 Å². The molecule has 1 atom stereocenters. The average molecular weight is 482 g/mol. The lowest BCUT2D eigenvalue weighted by molar-refractivity contribution is -0.143. The average Bonchev–Trinajstić information content (AvgIpc) is 2.78. The second-order valence-electron chi connectivity index (χ2n) is 8.20. The molecule has 7 nitrogen and oxygen atoms in total. The number of nitrogens with one attached hydrogen (secondary N) is 2. The first kappa shape index (κ1) is 24.7. The molecule has 1 heterocycles. The third-order valence-electron chi connectivity index (χ3n) is 5.91. The van der Waals surface area contributed by atoms with Crippen molar-refractivity contribution in [2.45, 2.75) is 38.6 Å². The number of hydrogen-bond donors (Lipinski definition) is 3. The van der Waals surface area contributed by atoms with Crippen LogP contribution in [0.2, 0.25) is 5.02 Å². The van der Waals surface area contributed by atoms with Gasteiger partial charge in [0, 0.05) is 24.4 Å². The molecule has 1 fully saturated rings. The van der Waals surface area contributed by atoms with Gasteiger partial charge in [-0.15, -0.1) is 0 Å². The summed E-state index contributed by atoms with van der Waals surface area (Å²) in [6.07, 6.45) is 4.09. The first-order chi connectivity index (χ1) is 15.7. The van der Waals surface area contributed by atoms with Gasteiger partial charge in [0.05, 0.1) is 29.7 Å². The second kappa shape index (κ2) is 10.8. The summed E-state index contributed by atoms with van der Waals surface area (Å²) in [4.78, 5) is 27.7. The van der Waals surface area contributed by atoms with Gasteiger partial charge in [0.1, 0.15) is 11.6 Å². The number of carboxylic acids is 1.